The van der Waals surface area contributed by atoms with E-state index in [1.54, 1.807) is 20.4 Å². The number of nitrogens with zero attached hydrogens (tertiary/aromatic N) is 2. The van der Waals surface area contributed by atoms with Gasteiger partial charge in [-0.25, -0.2) is 0 Å². The molecule has 0 atom stereocenters. The number of aryl methyl sites for hydroxylation is 1. The maximum Gasteiger partial charge on any atom is 0.255 e. The summed E-state index contributed by atoms with van der Waals surface area (Å²) in [5, 5.41) is 0. The van der Waals surface area contributed by atoms with Crippen molar-refractivity contribution < 1.29 is 14.3 Å². The van der Waals surface area contributed by atoms with E-state index in [0.29, 0.717) is 0 Å². The number of amides is 1. The SMILES string of the molecule is COc1ccc(CN2CCN(C(=O)c3c[nH]cc3C)CC2)cc1OC. The van der Waals surface area contributed by atoms with Gasteiger partial charge in [0, 0.05) is 45.1 Å². The summed E-state index contributed by atoms with van der Waals surface area (Å²) < 4.78 is 10.6. The number of H-pyrrole nitrogens is 1. The molecule has 1 saturated heterocycles. The number of piperazine rings is 1. The Labute approximate surface area is 148 Å². The van der Waals surface area contributed by atoms with Crippen LogP contribution >= 0.6 is 0 Å². The van der Waals surface area contributed by atoms with Gasteiger partial charge in [-0.15, -0.1) is 0 Å². The predicted molar refractivity (Wildman–Crippen MR) is 96.3 cm³/mol. The van der Waals surface area contributed by atoms with Crippen LogP contribution in [0.2, 0.25) is 0 Å². The Bertz CT molecular complexity index is 733. The van der Waals surface area contributed by atoms with Crippen LogP contribution in [0.4, 0.5) is 0 Å². The number of hydrogen-bond acceptors (Lipinski definition) is 4. The first-order valence-electron chi connectivity index (χ1n) is 8.48. The van der Waals surface area contributed by atoms with Crippen molar-refractivity contribution in [2.24, 2.45) is 0 Å². The monoisotopic (exact) mass is 343 g/mol. The van der Waals surface area contributed by atoms with Crippen molar-refractivity contribution in [2.75, 3.05) is 40.4 Å². The van der Waals surface area contributed by atoms with Crippen LogP contribution in [-0.4, -0.2) is 61.1 Å². The highest BCUT2D eigenvalue weighted by molar-refractivity contribution is 5.95. The van der Waals surface area contributed by atoms with E-state index in [2.05, 4.69) is 16.0 Å². The predicted octanol–water partition coefficient (Wildman–Crippen LogP) is 2.30. The summed E-state index contributed by atoms with van der Waals surface area (Å²) >= 11 is 0. The molecule has 25 heavy (non-hydrogen) atoms. The molecule has 0 radical (unpaired) electrons. The zero-order valence-electron chi connectivity index (χ0n) is 15.0. The van der Waals surface area contributed by atoms with Crippen LogP contribution in [0, 0.1) is 6.92 Å². The third kappa shape index (κ3) is 3.79. The number of carbonyl (C=O) groups is 1. The average molecular weight is 343 g/mol. The van der Waals surface area contributed by atoms with Crippen molar-refractivity contribution in [3.63, 3.8) is 0 Å². The van der Waals surface area contributed by atoms with E-state index >= 15 is 0 Å². The molecule has 1 aliphatic rings. The lowest BCUT2D eigenvalue weighted by Crippen LogP contribution is -2.48. The molecule has 1 fully saturated rings. The summed E-state index contributed by atoms with van der Waals surface area (Å²) in [6.07, 6.45) is 3.65. The van der Waals surface area contributed by atoms with E-state index in [1.165, 1.54) is 5.56 Å². The Balaban J connectivity index is 1.58. The highest BCUT2D eigenvalue weighted by Gasteiger charge is 2.23. The van der Waals surface area contributed by atoms with E-state index in [4.69, 9.17) is 9.47 Å². The van der Waals surface area contributed by atoms with Crippen molar-refractivity contribution in [3.8, 4) is 11.5 Å². The Morgan fingerprint density at radius 2 is 1.80 bits per heavy atom. The van der Waals surface area contributed by atoms with Gasteiger partial charge in [-0.3, -0.25) is 9.69 Å². The van der Waals surface area contributed by atoms with E-state index < -0.39 is 0 Å². The molecular weight excluding hydrogens is 318 g/mol. The minimum absolute atomic E-state index is 0.115. The number of aromatic amines is 1. The fourth-order valence-electron chi connectivity index (χ4n) is 3.19. The third-order valence-corrected chi connectivity index (χ3v) is 4.70. The second-order valence-corrected chi connectivity index (χ2v) is 6.31. The summed E-state index contributed by atoms with van der Waals surface area (Å²) in [5.41, 5.74) is 2.95. The van der Waals surface area contributed by atoms with Gasteiger partial charge in [-0.1, -0.05) is 6.07 Å². The fourth-order valence-corrected chi connectivity index (χ4v) is 3.19. The number of aromatic nitrogens is 1. The van der Waals surface area contributed by atoms with Gasteiger partial charge >= 0.3 is 0 Å². The number of methoxy groups -OCH3 is 2. The van der Waals surface area contributed by atoms with Crippen molar-refractivity contribution in [2.45, 2.75) is 13.5 Å². The Morgan fingerprint density at radius 3 is 2.40 bits per heavy atom. The molecule has 1 aliphatic heterocycles. The van der Waals surface area contributed by atoms with Crippen molar-refractivity contribution in [1.82, 2.24) is 14.8 Å². The van der Waals surface area contributed by atoms with E-state index in [-0.39, 0.29) is 5.91 Å². The van der Waals surface area contributed by atoms with Gasteiger partial charge in [0.05, 0.1) is 19.8 Å². The lowest BCUT2D eigenvalue weighted by Gasteiger charge is -2.34. The van der Waals surface area contributed by atoms with Crippen LogP contribution in [0.3, 0.4) is 0 Å². The molecular formula is C19H25N3O3. The molecule has 6 heteroatoms. The second-order valence-electron chi connectivity index (χ2n) is 6.31. The molecule has 2 heterocycles. The van der Waals surface area contributed by atoms with Crippen LogP contribution in [0.25, 0.3) is 0 Å². The number of carbonyl (C=O) groups excluding carboxylic acids is 1. The number of rotatable bonds is 5. The van der Waals surface area contributed by atoms with Crippen molar-refractivity contribution in [3.05, 3.63) is 47.3 Å². The molecule has 1 amide bonds. The Kier molecular flexibility index (Phi) is 5.28. The number of hydrogen-bond donors (Lipinski definition) is 1. The lowest BCUT2D eigenvalue weighted by atomic mass is 10.1. The Hall–Kier alpha value is -2.47. The minimum Gasteiger partial charge on any atom is -0.493 e. The highest BCUT2D eigenvalue weighted by Crippen LogP contribution is 2.28. The minimum atomic E-state index is 0.115. The van der Waals surface area contributed by atoms with Gasteiger partial charge in [-0.2, -0.15) is 0 Å². The molecule has 0 bridgehead atoms. The van der Waals surface area contributed by atoms with Gasteiger partial charge in [0.1, 0.15) is 0 Å². The molecule has 0 unspecified atom stereocenters. The van der Waals surface area contributed by atoms with Crippen molar-refractivity contribution >= 4 is 5.91 Å². The molecule has 1 aromatic heterocycles. The van der Waals surface area contributed by atoms with Crippen molar-refractivity contribution in [1.29, 1.82) is 0 Å². The smallest absolute Gasteiger partial charge is 0.255 e. The largest absolute Gasteiger partial charge is 0.493 e. The number of nitrogens with one attached hydrogen (secondary N) is 1. The summed E-state index contributed by atoms with van der Waals surface area (Å²) in [4.78, 5) is 19.8. The molecule has 134 valence electrons. The summed E-state index contributed by atoms with van der Waals surface area (Å²) in [6, 6.07) is 6.00. The zero-order chi connectivity index (χ0) is 17.8. The number of benzene rings is 1. The van der Waals surface area contributed by atoms with E-state index in [9.17, 15) is 4.79 Å². The molecule has 0 saturated carbocycles. The molecule has 0 aliphatic carbocycles. The second kappa shape index (κ2) is 7.61. The molecule has 0 spiro atoms. The maximum absolute atomic E-state index is 12.6. The first-order chi connectivity index (χ1) is 12.1. The summed E-state index contributed by atoms with van der Waals surface area (Å²) in [5.74, 6) is 1.60. The van der Waals surface area contributed by atoms with Crippen LogP contribution in [0.1, 0.15) is 21.5 Å². The first-order valence-corrected chi connectivity index (χ1v) is 8.48. The van der Waals surface area contributed by atoms with E-state index in [0.717, 1.165) is 55.3 Å². The normalized spacial score (nSPS) is 15.2. The van der Waals surface area contributed by atoms with Crippen LogP contribution in [0.5, 0.6) is 11.5 Å². The fraction of sp³-hybridized carbons (Fsp3) is 0.421. The highest BCUT2D eigenvalue weighted by atomic mass is 16.5. The van der Waals surface area contributed by atoms with Crippen LogP contribution in [-0.2, 0) is 6.54 Å². The topological polar surface area (TPSA) is 57.8 Å². The first kappa shape index (κ1) is 17.4. The zero-order valence-corrected chi connectivity index (χ0v) is 15.0. The Morgan fingerprint density at radius 1 is 1.08 bits per heavy atom. The van der Waals surface area contributed by atoms with Gasteiger partial charge in [0.25, 0.3) is 5.91 Å². The lowest BCUT2D eigenvalue weighted by molar-refractivity contribution is 0.0628. The molecule has 3 rings (SSSR count). The maximum atomic E-state index is 12.6. The van der Waals surface area contributed by atoms with Gasteiger partial charge in [-0.05, 0) is 30.2 Å². The average Bonchev–Trinajstić information content (AvgIpc) is 3.07. The molecule has 1 aromatic carbocycles. The van der Waals surface area contributed by atoms with Gasteiger partial charge < -0.3 is 19.4 Å². The summed E-state index contributed by atoms with van der Waals surface area (Å²) in [7, 11) is 3.29. The van der Waals surface area contributed by atoms with Crippen LogP contribution < -0.4 is 9.47 Å². The van der Waals surface area contributed by atoms with Crippen LogP contribution in [0.15, 0.2) is 30.6 Å². The van der Waals surface area contributed by atoms with Gasteiger partial charge in [0.15, 0.2) is 11.5 Å². The molecule has 1 N–H and O–H groups in total. The standard InChI is InChI=1S/C19H25N3O3/c1-14-11-20-12-16(14)19(23)22-8-6-21(7-9-22)13-15-4-5-17(24-2)18(10-15)25-3/h4-5,10-12,20H,6-9,13H2,1-3H3. The summed E-state index contributed by atoms with van der Waals surface area (Å²) in [6.45, 7) is 6.02. The molecule has 2 aromatic rings. The number of ether oxygens (including phenoxy) is 2. The third-order valence-electron chi connectivity index (χ3n) is 4.70. The van der Waals surface area contributed by atoms with E-state index in [1.807, 2.05) is 30.2 Å². The quantitative estimate of drug-likeness (QED) is 0.905. The molecule has 6 nitrogen and oxygen atoms in total. The van der Waals surface area contributed by atoms with Gasteiger partial charge in [0.2, 0.25) is 0 Å².